The molecule has 0 N–H and O–H groups in total. The Balaban J connectivity index is 1.53. The first-order valence-electron chi connectivity index (χ1n) is 9.64. The summed E-state index contributed by atoms with van der Waals surface area (Å²) in [6.45, 7) is 2.04. The summed E-state index contributed by atoms with van der Waals surface area (Å²) in [4.78, 5) is 24.8. The minimum Gasteiger partial charge on any atom is -0.332 e. The molecule has 28 heavy (non-hydrogen) atoms. The van der Waals surface area contributed by atoms with E-state index in [4.69, 9.17) is 9.97 Å². The van der Waals surface area contributed by atoms with Crippen molar-refractivity contribution >= 4 is 38.4 Å². The highest BCUT2D eigenvalue weighted by Gasteiger charge is 2.29. The number of benzene rings is 2. The van der Waals surface area contributed by atoms with Crippen molar-refractivity contribution in [2.45, 2.75) is 31.7 Å². The molecule has 5 heteroatoms. The third-order valence-corrected chi connectivity index (χ3v) is 6.74. The molecule has 1 amide bonds. The van der Waals surface area contributed by atoms with Crippen LogP contribution in [0.15, 0.2) is 54.6 Å². The van der Waals surface area contributed by atoms with Gasteiger partial charge >= 0.3 is 0 Å². The zero-order valence-electron chi connectivity index (χ0n) is 15.9. The van der Waals surface area contributed by atoms with Gasteiger partial charge in [-0.25, -0.2) is 4.98 Å². The predicted octanol–water partition coefficient (Wildman–Crippen LogP) is 5.56. The van der Waals surface area contributed by atoms with Gasteiger partial charge < -0.3 is 4.90 Å². The normalized spacial score (nSPS) is 15.1. The van der Waals surface area contributed by atoms with Gasteiger partial charge in [0.2, 0.25) is 0 Å². The van der Waals surface area contributed by atoms with Crippen molar-refractivity contribution in [3.8, 4) is 0 Å². The summed E-state index contributed by atoms with van der Waals surface area (Å²) < 4.78 is 1.15. The van der Waals surface area contributed by atoms with Crippen LogP contribution in [0.3, 0.4) is 0 Å². The van der Waals surface area contributed by atoms with Gasteiger partial charge in [-0.3, -0.25) is 9.78 Å². The van der Waals surface area contributed by atoms with E-state index in [1.165, 1.54) is 0 Å². The first kappa shape index (κ1) is 17.3. The fourth-order valence-corrected chi connectivity index (χ4v) is 4.62. The molecular weight excluding hydrogens is 366 g/mol. The lowest BCUT2D eigenvalue weighted by molar-refractivity contribution is 0.0744. The largest absolute Gasteiger partial charge is 0.332 e. The molecule has 5 rings (SSSR count). The molecule has 1 aliphatic rings. The number of hydrogen-bond acceptors (Lipinski definition) is 4. The number of nitrogens with zero attached hydrogens (tertiary/aromatic N) is 3. The quantitative estimate of drug-likeness (QED) is 0.461. The van der Waals surface area contributed by atoms with Gasteiger partial charge in [-0.2, -0.15) is 0 Å². The average Bonchev–Trinajstić information content (AvgIpc) is 3.49. The Morgan fingerprint density at radius 3 is 2.54 bits per heavy atom. The summed E-state index contributed by atoms with van der Waals surface area (Å²) in [7, 11) is 1.87. The van der Waals surface area contributed by atoms with Crippen LogP contribution in [0, 0.1) is 0 Å². The zero-order chi connectivity index (χ0) is 19.3. The highest BCUT2D eigenvalue weighted by Crippen LogP contribution is 2.40. The van der Waals surface area contributed by atoms with E-state index >= 15 is 0 Å². The first-order valence-corrected chi connectivity index (χ1v) is 10.5. The third kappa shape index (κ3) is 2.96. The molecule has 0 radical (unpaired) electrons. The Kier molecular flexibility index (Phi) is 4.13. The number of carbonyl (C=O) groups excluding carboxylic acids is 1. The third-order valence-electron chi connectivity index (χ3n) is 5.53. The monoisotopic (exact) mass is 387 g/mol. The zero-order valence-corrected chi connectivity index (χ0v) is 16.7. The Bertz CT molecular complexity index is 1160. The van der Waals surface area contributed by atoms with Crippen molar-refractivity contribution in [2.24, 2.45) is 0 Å². The van der Waals surface area contributed by atoms with Gasteiger partial charge in [0.1, 0.15) is 5.01 Å². The molecule has 2 heterocycles. The van der Waals surface area contributed by atoms with E-state index in [9.17, 15) is 4.79 Å². The summed E-state index contributed by atoms with van der Waals surface area (Å²) in [5, 5.41) is 1.87. The van der Waals surface area contributed by atoms with Crippen molar-refractivity contribution < 1.29 is 4.79 Å². The van der Waals surface area contributed by atoms with Crippen LogP contribution in [0.4, 0.5) is 0 Å². The molecule has 140 valence electrons. The number of thiazole rings is 1. The lowest BCUT2D eigenvalue weighted by atomic mass is 10.0. The van der Waals surface area contributed by atoms with Crippen LogP contribution in [-0.2, 0) is 0 Å². The van der Waals surface area contributed by atoms with Crippen molar-refractivity contribution in [2.75, 3.05) is 7.05 Å². The number of amides is 1. The smallest absolute Gasteiger partial charge is 0.254 e. The molecule has 0 aliphatic heterocycles. The molecule has 2 aromatic heterocycles. The van der Waals surface area contributed by atoms with Gasteiger partial charge in [0.05, 0.1) is 27.3 Å². The first-order chi connectivity index (χ1) is 13.6. The van der Waals surface area contributed by atoms with Crippen LogP contribution in [0.2, 0.25) is 0 Å². The topological polar surface area (TPSA) is 46.1 Å². The highest BCUT2D eigenvalue weighted by molar-refractivity contribution is 7.18. The second-order valence-electron chi connectivity index (χ2n) is 7.50. The van der Waals surface area contributed by atoms with Gasteiger partial charge in [-0.15, -0.1) is 11.3 Å². The molecule has 1 saturated carbocycles. The molecule has 0 bridgehead atoms. The van der Waals surface area contributed by atoms with Crippen LogP contribution in [0.25, 0.3) is 21.1 Å². The average molecular weight is 388 g/mol. The number of carbonyl (C=O) groups is 1. The number of rotatable bonds is 4. The maximum Gasteiger partial charge on any atom is 0.254 e. The number of para-hydroxylation sites is 2. The number of fused-ring (bicyclic) bond motifs is 2. The van der Waals surface area contributed by atoms with E-state index in [-0.39, 0.29) is 11.9 Å². The van der Waals surface area contributed by atoms with E-state index in [0.717, 1.165) is 50.2 Å². The van der Waals surface area contributed by atoms with E-state index in [1.54, 1.807) is 16.2 Å². The standard InChI is InChI=1S/C23H21N3OS/c1-14(22-25-19-9-5-6-10-21(19)28-22)26(2)23(27)17-13-20(15-11-12-15)24-18-8-4-3-7-16(17)18/h3-10,13-15H,11-12H2,1-2H3/t14-/m0/s1. The van der Waals surface area contributed by atoms with E-state index in [2.05, 4.69) is 6.07 Å². The maximum absolute atomic E-state index is 13.5. The molecule has 1 aliphatic carbocycles. The molecular formula is C23H21N3OS. The molecule has 0 spiro atoms. The van der Waals surface area contributed by atoms with Crippen LogP contribution in [-0.4, -0.2) is 27.8 Å². The summed E-state index contributed by atoms with van der Waals surface area (Å²) in [6, 6.07) is 17.9. The Hall–Kier alpha value is -2.79. The minimum atomic E-state index is -0.0961. The minimum absolute atomic E-state index is 0.0206. The lowest BCUT2D eigenvalue weighted by Gasteiger charge is -2.24. The Labute approximate surface area is 167 Å². The van der Waals surface area contributed by atoms with Crippen LogP contribution >= 0.6 is 11.3 Å². The summed E-state index contributed by atoms with van der Waals surface area (Å²) >= 11 is 1.65. The molecule has 4 nitrogen and oxygen atoms in total. The number of aromatic nitrogens is 2. The fraction of sp³-hybridized carbons (Fsp3) is 0.261. The predicted molar refractivity (Wildman–Crippen MR) is 114 cm³/mol. The van der Waals surface area contributed by atoms with Crippen LogP contribution in [0.1, 0.15) is 52.8 Å². The highest BCUT2D eigenvalue weighted by atomic mass is 32.1. The molecule has 0 unspecified atom stereocenters. The molecule has 1 atom stereocenters. The number of hydrogen-bond donors (Lipinski definition) is 0. The van der Waals surface area contributed by atoms with Crippen molar-refractivity contribution in [1.82, 2.24) is 14.9 Å². The van der Waals surface area contributed by atoms with Crippen LogP contribution < -0.4 is 0 Å². The Morgan fingerprint density at radius 2 is 1.79 bits per heavy atom. The van der Waals surface area contributed by atoms with E-state index in [0.29, 0.717) is 5.92 Å². The molecule has 0 saturated heterocycles. The number of pyridine rings is 1. The molecule has 2 aromatic carbocycles. The van der Waals surface area contributed by atoms with Gasteiger partial charge in [-0.1, -0.05) is 30.3 Å². The summed E-state index contributed by atoms with van der Waals surface area (Å²) in [5.74, 6) is 0.524. The Morgan fingerprint density at radius 1 is 1.07 bits per heavy atom. The van der Waals surface area contributed by atoms with Crippen LogP contribution in [0.5, 0.6) is 0 Å². The molecule has 1 fully saturated rings. The maximum atomic E-state index is 13.5. The van der Waals surface area contributed by atoms with Gasteiger partial charge in [0.25, 0.3) is 5.91 Å². The van der Waals surface area contributed by atoms with Gasteiger partial charge in [0.15, 0.2) is 0 Å². The van der Waals surface area contributed by atoms with Gasteiger partial charge in [0, 0.05) is 24.0 Å². The second-order valence-corrected chi connectivity index (χ2v) is 8.56. The molecule has 4 aromatic rings. The van der Waals surface area contributed by atoms with Gasteiger partial charge in [-0.05, 0) is 44.0 Å². The SMILES string of the molecule is C[C@@H](c1nc2ccccc2s1)N(C)C(=O)c1cc(C2CC2)nc2ccccc12. The van der Waals surface area contributed by atoms with E-state index < -0.39 is 0 Å². The summed E-state index contributed by atoms with van der Waals surface area (Å²) in [5.41, 5.74) is 3.67. The summed E-state index contributed by atoms with van der Waals surface area (Å²) in [6.07, 6.45) is 2.33. The fourth-order valence-electron chi connectivity index (χ4n) is 3.56. The lowest BCUT2D eigenvalue weighted by Crippen LogP contribution is -2.30. The van der Waals surface area contributed by atoms with Crippen molar-refractivity contribution in [3.63, 3.8) is 0 Å². The van der Waals surface area contributed by atoms with Crippen molar-refractivity contribution in [3.05, 3.63) is 70.9 Å². The second kappa shape index (κ2) is 6.67. The van der Waals surface area contributed by atoms with E-state index in [1.807, 2.05) is 62.5 Å². The van der Waals surface area contributed by atoms with Crippen molar-refractivity contribution in [1.29, 1.82) is 0 Å².